The van der Waals surface area contributed by atoms with Crippen LogP contribution in [0.1, 0.15) is 23.2 Å². The number of nitrogens with two attached hydrogens (primary N) is 1. The monoisotopic (exact) mass is 297 g/mol. The third kappa shape index (κ3) is 2.92. The molecule has 1 aliphatic rings. The zero-order valence-electron chi connectivity index (χ0n) is 11.1. The van der Waals surface area contributed by atoms with Gasteiger partial charge in [-0.05, 0) is 6.07 Å². The van der Waals surface area contributed by atoms with Gasteiger partial charge < -0.3 is 20.7 Å². The minimum absolute atomic E-state index is 0.152. The number of hydrogen-bond donors (Lipinski definition) is 2. The highest BCUT2D eigenvalue weighted by Crippen LogP contribution is 2.28. The van der Waals surface area contributed by atoms with Crippen molar-refractivity contribution in [3.63, 3.8) is 0 Å². The molecule has 7 heteroatoms. The topological polar surface area (TPSA) is 92.2 Å². The number of hydroxylamine groups is 2. The first kappa shape index (κ1) is 14.8. The Hall–Kier alpha value is -1.63. The number of carbonyl (C=O) groups is 1. The number of halogens is 1. The van der Waals surface area contributed by atoms with Crippen LogP contribution in [0, 0.1) is 5.21 Å². The van der Waals surface area contributed by atoms with Crippen molar-refractivity contribution in [2.24, 2.45) is 4.99 Å². The van der Waals surface area contributed by atoms with E-state index in [0.29, 0.717) is 25.1 Å². The van der Waals surface area contributed by atoms with E-state index in [9.17, 15) is 10.0 Å². The molecule has 0 aliphatic carbocycles. The molecular weight excluding hydrogens is 282 g/mol. The molecule has 2 rings (SSSR count). The lowest BCUT2D eigenvalue weighted by atomic mass is 10.1. The molecule has 0 aromatic heterocycles. The van der Waals surface area contributed by atoms with E-state index >= 15 is 0 Å². The van der Waals surface area contributed by atoms with Crippen molar-refractivity contribution in [2.75, 3.05) is 19.4 Å². The van der Waals surface area contributed by atoms with Crippen molar-refractivity contribution >= 4 is 29.4 Å². The lowest BCUT2D eigenvalue weighted by Crippen LogP contribution is -3.14. The van der Waals surface area contributed by atoms with Gasteiger partial charge in [0.2, 0.25) is 0 Å². The van der Waals surface area contributed by atoms with Gasteiger partial charge in [-0.25, -0.2) is 4.79 Å². The Balaban J connectivity index is 2.28. The van der Waals surface area contributed by atoms with Gasteiger partial charge in [0.25, 0.3) is 0 Å². The number of nitrogen functional groups attached to an aromatic ring is 1. The van der Waals surface area contributed by atoms with E-state index < -0.39 is 11.0 Å². The molecule has 0 bridgehead atoms. The number of nitrogens with zero attached hydrogens (tertiary/aromatic N) is 1. The Morgan fingerprint density at radius 3 is 2.95 bits per heavy atom. The molecule has 108 valence electrons. The number of aliphatic imine (C=N–C) groups is 1. The van der Waals surface area contributed by atoms with Crippen LogP contribution in [0.25, 0.3) is 0 Å². The van der Waals surface area contributed by atoms with Crippen LogP contribution in [0.15, 0.2) is 17.1 Å². The summed E-state index contributed by atoms with van der Waals surface area (Å²) in [5.74, 6) is -0.334. The summed E-state index contributed by atoms with van der Waals surface area (Å²) in [6.07, 6.45) is 2.77. The lowest BCUT2D eigenvalue weighted by molar-refractivity contribution is -0.788. The maximum absolute atomic E-state index is 12.3. The first-order valence-electron chi connectivity index (χ1n) is 6.24. The zero-order chi connectivity index (χ0) is 14.7. The number of nitrogens with one attached hydrogen (secondary N) is 1. The molecule has 1 aromatic carbocycles. The van der Waals surface area contributed by atoms with Crippen molar-refractivity contribution < 1.29 is 14.6 Å². The largest absolute Gasteiger partial charge is 0.626 e. The van der Waals surface area contributed by atoms with E-state index in [1.807, 2.05) is 0 Å². The fourth-order valence-corrected chi connectivity index (χ4v) is 2.28. The number of methoxy groups -OCH3 is 1. The number of carbonyl (C=O) groups excluding carboxylic acids is 1. The van der Waals surface area contributed by atoms with Crippen molar-refractivity contribution in [3.05, 3.63) is 27.9 Å². The molecule has 1 aromatic rings. The van der Waals surface area contributed by atoms with Crippen LogP contribution >= 0.6 is 11.6 Å². The van der Waals surface area contributed by atoms with Gasteiger partial charge >= 0.3 is 5.91 Å². The Morgan fingerprint density at radius 1 is 1.60 bits per heavy atom. The van der Waals surface area contributed by atoms with Gasteiger partial charge in [0.15, 0.2) is 0 Å². The highest BCUT2D eigenvalue weighted by molar-refractivity contribution is 6.33. The first-order valence-corrected chi connectivity index (χ1v) is 6.62. The van der Waals surface area contributed by atoms with Gasteiger partial charge in [-0.1, -0.05) is 11.6 Å². The number of anilines is 1. The number of hydrogen-bond acceptors (Lipinski definition) is 5. The van der Waals surface area contributed by atoms with Gasteiger partial charge in [0.1, 0.15) is 17.4 Å². The Morgan fingerprint density at radius 2 is 2.35 bits per heavy atom. The highest BCUT2D eigenvalue weighted by atomic mass is 35.5. The standard InChI is InChI=1S/C13H16ClN3O3/c1-20-12-7-11(15)10(14)6-9(12)13(18)17(19)8-2-4-16-5-3-8/h4,6-8,17H,2-3,5,15H2,1H3. The van der Waals surface area contributed by atoms with E-state index in [-0.39, 0.29) is 22.4 Å². The summed E-state index contributed by atoms with van der Waals surface area (Å²) in [6.45, 7) is 0.573. The third-order valence-electron chi connectivity index (χ3n) is 3.28. The molecule has 0 radical (unpaired) electrons. The zero-order valence-corrected chi connectivity index (χ0v) is 11.8. The average Bonchev–Trinajstić information content (AvgIpc) is 2.49. The van der Waals surface area contributed by atoms with Crippen LogP contribution in [-0.2, 0) is 0 Å². The molecule has 0 fully saturated rings. The van der Waals surface area contributed by atoms with Gasteiger partial charge in [-0.3, -0.25) is 4.99 Å². The SMILES string of the molecule is COc1cc(N)c(Cl)cc1C(=O)[NH+]([O-])C1CC=NCC1. The van der Waals surface area contributed by atoms with Crippen LogP contribution in [0.3, 0.4) is 0 Å². The second-order valence-corrected chi connectivity index (χ2v) is 4.98. The summed E-state index contributed by atoms with van der Waals surface area (Å²) in [7, 11) is 1.41. The number of rotatable bonds is 3. The van der Waals surface area contributed by atoms with Crippen LogP contribution in [-0.4, -0.2) is 31.8 Å². The normalized spacial score (nSPS) is 19.6. The second kappa shape index (κ2) is 6.21. The van der Waals surface area contributed by atoms with E-state index in [4.69, 9.17) is 22.1 Å². The first-order chi connectivity index (χ1) is 9.54. The van der Waals surface area contributed by atoms with Crippen molar-refractivity contribution in [1.29, 1.82) is 0 Å². The van der Waals surface area contributed by atoms with Crippen LogP contribution in [0.2, 0.25) is 5.02 Å². The molecule has 2 atom stereocenters. The molecule has 6 nitrogen and oxygen atoms in total. The molecule has 0 saturated heterocycles. The quantitative estimate of drug-likeness (QED) is 0.634. The number of ether oxygens (including phenoxy) is 1. The summed E-state index contributed by atoms with van der Waals surface area (Å²) in [4.78, 5) is 16.4. The molecule has 0 spiro atoms. The smallest absolute Gasteiger partial charge is 0.348 e. The second-order valence-electron chi connectivity index (χ2n) is 4.58. The fraction of sp³-hybridized carbons (Fsp3) is 0.385. The highest BCUT2D eigenvalue weighted by Gasteiger charge is 2.27. The minimum Gasteiger partial charge on any atom is -0.626 e. The Kier molecular flexibility index (Phi) is 4.59. The number of amides is 1. The number of quaternary nitrogens is 1. The maximum atomic E-state index is 12.3. The summed E-state index contributed by atoms with van der Waals surface area (Å²) in [6, 6.07) is 2.51. The van der Waals surface area contributed by atoms with E-state index in [1.165, 1.54) is 19.2 Å². The van der Waals surface area contributed by atoms with E-state index in [1.54, 1.807) is 6.21 Å². The fourth-order valence-electron chi connectivity index (χ4n) is 2.11. The summed E-state index contributed by atoms with van der Waals surface area (Å²) in [5.41, 5.74) is 6.11. The van der Waals surface area contributed by atoms with Gasteiger partial charge in [-0.15, -0.1) is 0 Å². The van der Waals surface area contributed by atoms with Crippen molar-refractivity contribution in [3.8, 4) is 5.75 Å². The maximum Gasteiger partial charge on any atom is 0.348 e. The third-order valence-corrected chi connectivity index (χ3v) is 3.61. The van der Waals surface area contributed by atoms with Crippen molar-refractivity contribution in [2.45, 2.75) is 18.9 Å². The van der Waals surface area contributed by atoms with Gasteiger partial charge in [0, 0.05) is 31.7 Å². The van der Waals surface area contributed by atoms with Crippen LogP contribution in [0.4, 0.5) is 5.69 Å². The van der Waals surface area contributed by atoms with Gasteiger partial charge in [-0.2, -0.15) is 0 Å². The summed E-state index contributed by atoms with van der Waals surface area (Å²) >= 11 is 5.91. The predicted molar refractivity (Wildman–Crippen MR) is 77.5 cm³/mol. The predicted octanol–water partition coefficient (Wildman–Crippen LogP) is 0.687. The Bertz CT molecular complexity index is 548. The summed E-state index contributed by atoms with van der Waals surface area (Å²) in [5, 5.41) is 12.0. The molecule has 1 aliphatic heterocycles. The molecule has 2 unspecified atom stereocenters. The van der Waals surface area contributed by atoms with Gasteiger partial charge in [0.05, 0.1) is 17.8 Å². The molecular formula is C13H16ClN3O3. The Labute approximate surface area is 121 Å². The van der Waals surface area contributed by atoms with Crippen LogP contribution < -0.4 is 15.5 Å². The molecule has 20 heavy (non-hydrogen) atoms. The van der Waals surface area contributed by atoms with E-state index in [2.05, 4.69) is 4.99 Å². The average molecular weight is 298 g/mol. The van der Waals surface area contributed by atoms with Crippen molar-refractivity contribution in [1.82, 2.24) is 0 Å². The van der Waals surface area contributed by atoms with E-state index in [0.717, 1.165) is 0 Å². The molecule has 1 amide bonds. The number of benzene rings is 1. The minimum atomic E-state index is -0.593. The summed E-state index contributed by atoms with van der Waals surface area (Å²) < 4.78 is 5.10. The molecule has 1 heterocycles. The lowest BCUT2D eigenvalue weighted by Gasteiger charge is -2.30. The van der Waals surface area contributed by atoms with Crippen LogP contribution in [0.5, 0.6) is 5.75 Å². The molecule has 0 saturated carbocycles. The molecule has 3 N–H and O–H groups in total.